The van der Waals surface area contributed by atoms with Gasteiger partial charge in [0.2, 0.25) is 0 Å². The Hall–Kier alpha value is -2.43. The van der Waals surface area contributed by atoms with Gasteiger partial charge in [-0.25, -0.2) is 9.78 Å². The van der Waals surface area contributed by atoms with Gasteiger partial charge in [0.25, 0.3) is 0 Å². The molecular formula is C23H33N3O2. The number of unbranched alkanes of at least 4 members (excludes halogenated alkanes) is 8. The molecule has 5 nitrogen and oxygen atoms in total. The quantitative estimate of drug-likeness (QED) is 0.183. The molecule has 0 saturated carbocycles. The predicted molar refractivity (Wildman–Crippen MR) is 114 cm³/mol. The van der Waals surface area contributed by atoms with Crippen LogP contribution in [0, 0.1) is 0 Å². The van der Waals surface area contributed by atoms with E-state index in [9.17, 15) is 4.79 Å². The molecule has 0 saturated heterocycles. The molecule has 2 aromatic rings. The van der Waals surface area contributed by atoms with E-state index >= 15 is 0 Å². The van der Waals surface area contributed by atoms with Gasteiger partial charge in [-0.15, -0.1) is 0 Å². The number of hydrogen-bond acceptors (Lipinski definition) is 4. The summed E-state index contributed by atoms with van der Waals surface area (Å²) in [6.07, 6.45) is 16.9. The lowest BCUT2D eigenvalue weighted by Crippen LogP contribution is -2.03. The van der Waals surface area contributed by atoms with Gasteiger partial charge in [-0.1, -0.05) is 75.6 Å². The number of imidazole rings is 1. The van der Waals surface area contributed by atoms with E-state index in [4.69, 9.17) is 4.84 Å². The number of carbonyl (C=O) groups is 1. The molecule has 0 aliphatic heterocycles. The second-order valence-electron chi connectivity index (χ2n) is 7.24. The van der Waals surface area contributed by atoms with Crippen molar-refractivity contribution in [1.82, 2.24) is 9.55 Å². The summed E-state index contributed by atoms with van der Waals surface area (Å²) in [5.41, 5.74) is 2.65. The average Bonchev–Trinajstić information content (AvgIpc) is 3.26. The van der Waals surface area contributed by atoms with Gasteiger partial charge in [0.05, 0.1) is 12.0 Å². The van der Waals surface area contributed by atoms with Crippen LogP contribution in [0.3, 0.4) is 0 Å². The standard InChI is InChI=1S/C23H33N3O2/c1-3-4-5-6-7-8-9-10-11-12-23(27)28-25-20(2)21-13-15-22(16-14-21)26-18-17-24-19-26/h13-19H,3-12H2,1-2H3/b25-20+. The minimum Gasteiger partial charge on any atom is -0.318 e. The number of nitrogens with zero attached hydrogens (tertiary/aromatic N) is 3. The first-order chi connectivity index (χ1) is 13.7. The maximum absolute atomic E-state index is 11.9. The normalized spacial score (nSPS) is 11.6. The SMILES string of the molecule is CCCCCCCCCCCC(=O)O/N=C(\C)c1ccc(-n2ccnc2)cc1. The van der Waals surface area contributed by atoms with Gasteiger partial charge in [-0.2, -0.15) is 0 Å². The summed E-state index contributed by atoms with van der Waals surface area (Å²) in [5, 5.41) is 3.99. The molecule has 0 spiro atoms. The zero-order chi connectivity index (χ0) is 20.0. The largest absolute Gasteiger partial charge is 0.335 e. The van der Waals surface area contributed by atoms with E-state index in [0.717, 1.165) is 24.1 Å². The molecule has 5 heteroatoms. The van der Waals surface area contributed by atoms with Crippen molar-refractivity contribution in [3.63, 3.8) is 0 Å². The summed E-state index contributed by atoms with van der Waals surface area (Å²) in [6.45, 7) is 4.08. The minimum atomic E-state index is -0.252. The van der Waals surface area contributed by atoms with E-state index in [-0.39, 0.29) is 5.97 Å². The summed E-state index contributed by atoms with van der Waals surface area (Å²) in [4.78, 5) is 21.0. The predicted octanol–water partition coefficient (Wildman–Crippen LogP) is 6.06. The fourth-order valence-corrected chi connectivity index (χ4v) is 3.08. The van der Waals surface area contributed by atoms with Gasteiger partial charge < -0.3 is 9.40 Å². The van der Waals surface area contributed by atoms with Crippen molar-refractivity contribution in [2.24, 2.45) is 5.16 Å². The van der Waals surface area contributed by atoms with Gasteiger partial charge in [0.15, 0.2) is 0 Å². The fourth-order valence-electron chi connectivity index (χ4n) is 3.08. The first-order valence-electron chi connectivity index (χ1n) is 10.5. The molecule has 1 heterocycles. The number of carbonyl (C=O) groups excluding carboxylic acids is 1. The Kier molecular flexibility index (Phi) is 10.0. The Morgan fingerprint density at radius 3 is 2.25 bits per heavy atom. The number of rotatable bonds is 13. The molecule has 0 unspecified atom stereocenters. The van der Waals surface area contributed by atoms with Crippen molar-refractivity contribution in [3.05, 3.63) is 48.5 Å². The van der Waals surface area contributed by atoms with Gasteiger partial charge in [0, 0.05) is 24.5 Å². The van der Waals surface area contributed by atoms with E-state index in [1.165, 1.54) is 44.9 Å². The zero-order valence-electron chi connectivity index (χ0n) is 17.3. The summed E-state index contributed by atoms with van der Waals surface area (Å²) in [6, 6.07) is 7.89. The first kappa shape index (κ1) is 21.9. The van der Waals surface area contributed by atoms with Crippen molar-refractivity contribution in [2.45, 2.75) is 78.1 Å². The lowest BCUT2D eigenvalue weighted by atomic mass is 10.1. The number of benzene rings is 1. The van der Waals surface area contributed by atoms with E-state index in [1.807, 2.05) is 42.0 Å². The minimum absolute atomic E-state index is 0.252. The van der Waals surface area contributed by atoms with Crippen LogP contribution in [-0.2, 0) is 9.63 Å². The van der Waals surface area contributed by atoms with E-state index in [0.29, 0.717) is 12.1 Å². The van der Waals surface area contributed by atoms with Gasteiger partial charge >= 0.3 is 5.97 Å². The second kappa shape index (κ2) is 12.9. The Morgan fingerprint density at radius 2 is 1.64 bits per heavy atom. The van der Waals surface area contributed by atoms with Crippen LogP contribution in [0.2, 0.25) is 0 Å². The van der Waals surface area contributed by atoms with Crippen LogP contribution in [0.4, 0.5) is 0 Å². The maximum Gasteiger partial charge on any atom is 0.335 e. The average molecular weight is 384 g/mol. The third-order valence-corrected chi connectivity index (χ3v) is 4.86. The molecule has 0 amide bonds. The third-order valence-electron chi connectivity index (χ3n) is 4.86. The first-order valence-corrected chi connectivity index (χ1v) is 10.5. The van der Waals surface area contributed by atoms with Crippen molar-refractivity contribution < 1.29 is 9.63 Å². The van der Waals surface area contributed by atoms with Gasteiger partial charge in [0.1, 0.15) is 0 Å². The molecule has 28 heavy (non-hydrogen) atoms. The number of aromatic nitrogens is 2. The van der Waals surface area contributed by atoms with Crippen molar-refractivity contribution in [1.29, 1.82) is 0 Å². The highest BCUT2D eigenvalue weighted by molar-refractivity contribution is 5.98. The third kappa shape index (κ3) is 8.07. The molecule has 0 aliphatic carbocycles. The van der Waals surface area contributed by atoms with Crippen LogP contribution in [0.5, 0.6) is 0 Å². The number of oxime groups is 1. The highest BCUT2D eigenvalue weighted by Crippen LogP contribution is 2.12. The topological polar surface area (TPSA) is 56.5 Å². The van der Waals surface area contributed by atoms with Crippen LogP contribution >= 0.6 is 0 Å². The van der Waals surface area contributed by atoms with Crippen LogP contribution < -0.4 is 0 Å². The van der Waals surface area contributed by atoms with Crippen molar-refractivity contribution >= 4 is 11.7 Å². The van der Waals surface area contributed by atoms with Crippen LogP contribution in [0.15, 0.2) is 48.1 Å². The van der Waals surface area contributed by atoms with Crippen molar-refractivity contribution in [2.75, 3.05) is 0 Å². The molecule has 0 radical (unpaired) electrons. The number of hydrogen-bond donors (Lipinski definition) is 0. The van der Waals surface area contributed by atoms with E-state index in [2.05, 4.69) is 17.1 Å². The molecule has 0 bridgehead atoms. The Balaban J connectivity index is 1.62. The smallest absolute Gasteiger partial charge is 0.318 e. The summed E-state index contributed by atoms with van der Waals surface area (Å²) >= 11 is 0. The molecule has 152 valence electrons. The van der Waals surface area contributed by atoms with Crippen LogP contribution in [0.25, 0.3) is 5.69 Å². The van der Waals surface area contributed by atoms with Crippen LogP contribution in [0.1, 0.15) is 83.6 Å². The highest BCUT2D eigenvalue weighted by Gasteiger charge is 2.05. The highest BCUT2D eigenvalue weighted by atomic mass is 16.7. The Labute approximate surface area is 168 Å². The summed E-state index contributed by atoms with van der Waals surface area (Å²) in [7, 11) is 0. The van der Waals surface area contributed by atoms with E-state index < -0.39 is 0 Å². The molecule has 1 aromatic heterocycles. The van der Waals surface area contributed by atoms with Gasteiger partial charge in [-0.05, 0) is 31.0 Å². The van der Waals surface area contributed by atoms with E-state index in [1.54, 1.807) is 12.5 Å². The van der Waals surface area contributed by atoms with Gasteiger partial charge in [-0.3, -0.25) is 0 Å². The molecule has 0 atom stereocenters. The molecule has 0 aliphatic rings. The lowest BCUT2D eigenvalue weighted by Gasteiger charge is -2.05. The van der Waals surface area contributed by atoms with Crippen molar-refractivity contribution in [3.8, 4) is 5.69 Å². The molecule has 1 aromatic carbocycles. The second-order valence-corrected chi connectivity index (χ2v) is 7.24. The van der Waals surface area contributed by atoms with Crippen LogP contribution in [-0.4, -0.2) is 21.2 Å². The Morgan fingerprint density at radius 1 is 1.00 bits per heavy atom. The zero-order valence-corrected chi connectivity index (χ0v) is 17.3. The summed E-state index contributed by atoms with van der Waals surface area (Å²) < 4.78 is 1.93. The summed E-state index contributed by atoms with van der Waals surface area (Å²) in [5.74, 6) is -0.252. The molecule has 0 fully saturated rings. The molecule has 2 rings (SSSR count). The molecule has 0 N–H and O–H groups in total. The monoisotopic (exact) mass is 383 g/mol. The lowest BCUT2D eigenvalue weighted by molar-refractivity contribution is -0.143. The Bertz CT molecular complexity index is 706. The molecular weight excluding hydrogens is 350 g/mol. The maximum atomic E-state index is 11.9. The fraction of sp³-hybridized carbons (Fsp3) is 0.522.